The van der Waals surface area contributed by atoms with Crippen molar-refractivity contribution in [2.75, 3.05) is 5.32 Å². The standard InChI is InChI=1S/C14H21N.C2H6/c1-11-8-9-14(12(2)10-11)15-13-6-4-3-5-7-13;1-2/h8-10,13,15H,3-7H2,1-2H3;1-2H3. The van der Waals surface area contributed by atoms with Crippen LogP contribution in [0.4, 0.5) is 5.69 Å². The van der Waals surface area contributed by atoms with Crippen LogP contribution in [0, 0.1) is 13.8 Å². The third kappa shape index (κ3) is 4.41. The Morgan fingerprint density at radius 3 is 2.24 bits per heavy atom. The van der Waals surface area contributed by atoms with E-state index in [0.29, 0.717) is 6.04 Å². The van der Waals surface area contributed by atoms with Gasteiger partial charge in [0.15, 0.2) is 0 Å². The molecule has 1 aromatic rings. The lowest BCUT2D eigenvalue weighted by molar-refractivity contribution is 0.462. The van der Waals surface area contributed by atoms with Gasteiger partial charge >= 0.3 is 0 Å². The van der Waals surface area contributed by atoms with Crippen molar-refractivity contribution in [2.24, 2.45) is 0 Å². The van der Waals surface area contributed by atoms with Gasteiger partial charge in [0.1, 0.15) is 0 Å². The summed E-state index contributed by atoms with van der Waals surface area (Å²) in [6.45, 7) is 8.34. The summed E-state index contributed by atoms with van der Waals surface area (Å²) >= 11 is 0. The molecule has 1 aliphatic carbocycles. The van der Waals surface area contributed by atoms with E-state index >= 15 is 0 Å². The van der Waals surface area contributed by atoms with Crippen LogP contribution in [0.15, 0.2) is 18.2 Å². The average molecular weight is 233 g/mol. The smallest absolute Gasteiger partial charge is 0.0372 e. The van der Waals surface area contributed by atoms with E-state index in [1.54, 1.807) is 0 Å². The molecule has 1 fully saturated rings. The zero-order valence-corrected chi connectivity index (χ0v) is 11.8. The molecule has 0 unspecified atom stereocenters. The maximum Gasteiger partial charge on any atom is 0.0372 e. The van der Waals surface area contributed by atoms with Crippen molar-refractivity contribution in [1.29, 1.82) is 0 Å². The minimum atomic E-state index is 0.708. The van der Waals surface area contributed by atoms with Crippen LogP contribution in [-0.4, -0.2) is 6.04 Å². The predicted molar refractivity (Wildman–Crippen MR) is 77.8 cm³/mol. The van der Waals surface area contributed by atoms with Crippen LogP contribution in [0.5, 0.6) is 0 Å². The van der Waals surface area contributed by atoms with Gasteiger partial charge in [0.05, 0.1) is 0 Å². The quantitative estimate of drug-likeness (QED) is 0.751. The Morgan fingerprint density at radius 1 is 1.00 bits per heavy atom. The number of aryl methyl sites for hydroxylation is 2. The molecular weight excluding hydrogens is 206 g/mol. The predicted octanol–water partition coefficient (Wildman–Crippen LogP) is 5.07. The molecule has 0 radical (unpaired) electrons. The monoisotopic (exact) mass is 233 g/mol. The van der Waals surface area contributed by atoms with E-state index in [4.69, 9.17) is 0 Å². The normalized spacial score (nSPS) is 16.0. The average Bonchev–Trinajstić information content (AvgIpc) is 2.37. The molecule has 2 rings (SSSR count). The fraction of sp³-hybridized carbons (Fsp3) is 0.625. The maximum atomic E-state index is 3.68. The molecule has 1 aromatic carbocycles. The molecule has 0 bridgehead atoms. The highest BCUT2D eigenvalue weighted by molar-refractivity contribution is 5.52. The molecular formula is C16H27N. The van der Waals surface area contributed by atoms with Gasteiger partial charge in [-0.05, 0) is 38.3 Å². The molecule has 96 valence electrons. The van der Waals surface area contributed by atoms with Crippen molar-refractivity contribution in [3.63, 3.8) is 0 Å². The fourth-order valence-electron chi connectivity index (χ4n) is 2.44. The SMILES string of the molecule is CC.Cc1ccc(NC2CCCCC2)c(C)c1. The first-order valence-corrected chi connectivity index (χ1v) is 7.09. The number of benzene rings is 1. The number of hydrogen-bond acceptors (Lipinski definition) is 1. The lowest BCUT2D eigenvalue weighted by Crippen LogP contribution is -2.22. The van der Waals surface area contributed by atoms with E-state index in [0.717, 1.165) is 0 Å². The van der Waals surface area contributed by atoms with E-state index in [9.17, 15) is 0 Å². The highest BCUT2D eigenvalue weighted by atomic mass is 14.9. The first kappa shape index (κ1) is 14.1. The fourth-order valence-corrected chi connectivity index (χ4v) is 2.44. The van der Waals surface area contributed by atoms with Crippen LogP contribution in [0.1, 0.15) is 57.1 Å². The van der Waals surface area contributed by atoms with Gasteiger partial charge in [0, 0.05) is 11.7 Å². The van der Waals surface area contributed by atoms with Gasteiger partial charge in [-0.2, -0.15) is 0 Å². The third-order valence-corrected chi connectivity index (χ3v) is 3.35. The second-order valence-corrected chi connectivity index (χ2v) is 4.80. The van der Waals surface area contributed by atoms with Gasteiger partial charge < -0.3 is 5.32 Å². The molecule has 0 saturated heterocycles. The van der Waals surface area contributed by atoms with Crippen molar-refractivity contribution in [3.05, 3.63) is 29.3 Å². The molecule has 17 heavy (non-hydrogen) atoms. The first-order chi connectivity index (χ1) is 8.25. The Labute approximate surface area is 107 Å². The summed E-state index contributed by atoms with van der Waals surface area (Å²) in [5, 5.41) is 3.68. The second-order valence-electron chi connectivity index (χ2n) is 4.80. The number of nitrogens with one attached hydrogen (secondary N) is 1. The van der Waals surface area contributed by atoms with Crippen molar-refractivity contribution in [2.45, 2.75) is 65.8 Å². The van der Waals surface area contributed by atoms with Crippen LogP contribution in [0.2, 0.25) is 0 Å². The van der Waals surface area contributed by atoms with Gasteiger partial charge in [0.2, 0.25) is 0 Å². The highest BCUT2D eigenvalue weighted by Gasteiger charge is 2.13. The summed E-state index contributed by atoms with van der Waals surface area (Å²) in [6, 6.07) is 7.38. The zero-order chi connectivity index (χ0) is 12.7. The summed E-state index contributed by atoms with van der Waals surface area (Å²) in [4.78, 5) is 0. The van der Waals surface area contributed by atoms with Gasteiger partial charge in [0.25, 0.3) is 0 Å². The Balaban J connectivity index is 0.000000686. The van der Waals surface area contributed by atoms with Crippen molar-refractivity contribution in [3.8, 4) is 0 Å². The molecule has 0 amide bonds. The zero-order valence-electron chi connectivity index (χ0n) is 11.8. The van der Waals surface area contributed by atoms with Crippen molar-refractivity contribution in [1.82, 2.24) is 0 Å². The maximum absolute atomic E-state index is 3.68. The molecule has 0 heterocycles. The minimum Gasteiger partial charge on any atom is -0.382 e. The summed E-state index contributed by atoms with van der Waals surface area (Å²) in [7, 11) is 0. The summed E-state index contributed by atoms with van der Waals surface area (Å²) in [5.74, 6) is 0. The largest absolute Gasteiger partial charge is 0.382 e. The van der Waals surface area contributed by atoms with Gasteiger partial charge in [-0.1, -0.05) is 50.8 Å². The Bertz CT molecular complexity index is 324. The van der Waals surface area contributed by atoms with Crippen LogP contribution >= 0.6 is 0 Å². The van der Waals surface area contributed by atoms with E-state index in [1.807, 2.05) is 13.8 Å². The van der Waals surface area contributed by atoms with Crippen LogP contribution in [0.25, 0.3) is 0 Å². The molecule has 0 aliphatic heterocycles. The van der Waals surface area contributed by atoms with Crippen molar-refractivity contribution >= 4 is 5.69 Å². The topological polar surface area (TPSA) is 12.0 Å². The lowest BCUT2D eigenvalue weighted by Gasteiger charge is -2.24. The lowest BCUT2D eigenvalue weighted by atomic mass is 9.95. The van der Waals surface area contributed by atoms with Crippen molar-refractivity contribution < 1.29 is 0 Å². The summed E-state index contributed by atoms with van der Waals surface area (Å²) < 4.78 is 0. The Hall–Kier alpha value is -0.980. The molecule has 1 nitrogen and oxygen atoms in total. The Morgan fingerprint density at radius 2 is 1.65 bits per heavy atom. The summed E-state index contributed by atoms with van der Waals surface area (Å²) in [6.07, 6.45) is 6.89. The van der Waals surface area contributed by atoms with Gasteiger partial charge in [-0.15, -0.1) is 0 Å². The van der Waals surface area contributed by atoms with E-state index < -0.39 is 0 Å². The van der Waals surface area contributed by atoms with E-state index in [1.165, 1.54) is 48.9 Å². The highest BCUT2D eigenvalue weighted by Crippen LogP contribution is 2.23. The van der Waals surface area contributed by atoms with Crippen LogP contribution in [-0.2, 0) is 0 Å². The molecule has 0 spiro atoms. The van der Waals surface area contributed by atoms with Gasteiger partial charge in [-0.3, -0.25) is 0 Å². The Kier molecular flexibility index (Phi) is 6.10. The molecule has 0 atom stereocenters. The van der Waals surface area contributed by atoms with Gasteiger partial charge in [-0.25, -0.2) is 0 Å². The van der Waals surface area contributed by atoms with E-state index in [-0.39, 0.29) is 0 Å². The molecule has 1 N–H and O–H groups in total. The van der Waals surface area contributed by atoms with E-state index in [2.05, 4.69) is 37.4 Å². The second kappa shape index (κ2) is 7.37. The number of anilines is 1. The van der Waals surface area contributed by atoms with Crippen LogP contribution in [0.3, 0.4) is 0 Å². The number of hydrogen-bond donors (Lipinski definition) is 1. The minimum absolute atomic E-state index is 0.708. The molecule has 0 aromatic heterocycles. The molecule has 1 aliphatic rings. The summed E-state index contributed by atoms with van der Waals surface area (Å²) in [5.41, 5.74) is 4.05. The molecule has 1 saturated carbocycles. The van der Waals surface area contributed by atoms with Crippen LogP contribution < -0.4 is 5.32 Å². The first-order valence-electron chi connectivity index (χ1n) is 7.09. The number of rotatable bonds is 2. The molecule has 1 heteroatoms. The third-order valence-electron chi connectivity index (χ3n) is 3.35.